The van der Waals surface area contributed by atoms with Gasteiger partial charge < -0.3 is 16.2 Å². The Kier molecular flexibility index (Phi) is 3.85. The van der Waals surface area contributed by atoms with Crippen LogP contribution in [0.4, 0.5) is 5.82 Å². The molecule has 0 saturated carbocycles. The van der Waals surface area contributed by atoms with Crippen LogP contribution in [0.1, 0.15) is 26.5 Å². The zero-order valence-electron chi connectivity index (χ0n) is 10.3. The summed E-state index contributed by atoms with van der Waals surface area (Å²) in [6.45, 7) is 0.195. The Labute approximate surface area is 113 Å². The highest BCUT2D eigenvalue weighted by molar-refractivity contribution is 5.95. The molecule has 2 aromatic heterocycles. The van der Waals surface area contributed by atoms with Gasteiger partial charge in [0.05, 0.1) is 17.8 Å². The molecule has 8 nitrogen and oxygen atoms in total. The summed E-state index contributed by atoms with van der Waals surface area (Å²) in [5.41, 5.74) is 5.81. The molecule has 0 aliphatic rings. The monoisotopic (exact) mass is 273 g/mol. The van der Waals surface area contributed by atoms with E-state index in [2.05, 4.69) is 20.3 Å². The summed E-state index contributed by atoms with van der Waals surface area (Å²) in [4.78, 5) is 33.8. The number of nitrogens with two attached hydrogens (primary N) is 1. The number of hydrogen-bond acceptors (Lipinski definition) is 6. The molecule has 0 radical (unpaired) electrons. The number of anilines is 1. The van der Waals surface area contributed by atoms with Gasteiger partial charge in [-0.05, 0) is 12.1 Å². The standard InChI is InChI=1S/C12H11N5O3/c13-10(18)9-11(16-4-3-15-9)17-6-8-5-7(12(19)20)1-2-14-8/h1-5H,6H2,(H2,13,18)(H,16,17)(H,19,20). The summed E-state index contributed by atoms with van der Waals surface area (Å²) < 4.78 is 0. The third-order valence-corrected chi connectivity index (χ3v) is 2.43. The van der Waals surface area contributed by atoms with Crippen molar-refractivity contribution in [2.45, 2.75) is 6.54 Å². The summed E-state index contributed by atoms with van der Waals surface area (Å²) in [5, 5.41) is 11.7. The smallest absolute Gasteiger partial charge is 0.335 e. The van der Waals surface area contributed by atoms with Crippen LogP contribution in [0.5, 0.6) is 0 Å². The average Bonchev–Trinajstić information content (AvgIpc) is 2.45. The molecule has 0 aliphatic carbocycles. The minimum atomic E-state index is -1.04. The van der Waals surface area contributed by atoms with Gasteiger partial charge in [-0.1, -0.05) is 0 Å². The van der Waals surface area contributed by atoms with E-state index in [4.69, 9.17) is 10.8 Å². The third-order valence-electron chi connectivity index (χ3n) is 2.43. The second-order valence-electron chi connectivity index (χ2n) is 3.81. The van der Waals surface area contributed by atoms with Crippen LogP contribution in [-0.2, 0) is 6.54 Å². The number of carboxylic acids is 1. The second kappa shape index (κ2) is 5.74. The minimum Gasteiger partial charge on any atom is -0.478 e. The first-order valence-electron chi connectivity index (χ1n) is 5.61. The predicted molar refractivity (Wildman–Crippen MR) is 69.1 cm³/mol. The predicted octanol–water partition coefficient (Wildman–Crippen LogP) is 0.281. The van der Waals surface area contributed by atoms with E-state index in [0.717, 1.165) is 0 Å². The number of primary amides is 1. The van der Waals surface area contributed by atoms with Gasteiger partial charge in [-0.15, -0.1) is 0 Å². The lowest BCUT2D eigenvalue weighted by atomic mass is 10.2. The van der Waals surface area contributed by atoms with Crippen LogP contribution in [0.3, 0.4) is 0 Å². The molecule has 0 fully saturated rings. The molecule has 0 atom stereocenters. The molecule has 8 heteroatoms. The fourth-order valence-electron chi connectivity index (χ4n) is 1.53. The van der Waals surface area contributed by atoms with Crippen molar-refractivity contribution in [1.82, 2.24) is 15.0 Å². The van der Waals surface area contributed by atoms with Gasteiger partial charge >= 0.3 is 5.97 Å². The quantitative estimate of drug-likeness (QED) is 0.712. The van der Waals surface area contributed by atoms with Crippen LogP contribution < -0.4 is 11.1 Å². The number of hydrogen-bond donors (Lipinski definition) is 3. The van der Waals surface area contributed by atoms with Gasteiger partial charge in [0, 0.05) is 18.6 Å². The van der Waals surface area contributed by atoms with Crippen LogP contribution in [0.25, 0.3) is 0 Å². The van der Waals surface area contributed by atoms with Crippen molar-refractivity contribution in [3.05, 3.63) is 47.7 Å². The fourth-order valence-corrected chi connectivity index (χ4v) is 1.53. The fraction of sp³-hybridized carbons (Fsp3) is 0.0833. The lowest BCUT2D eigenvalue weighted by molar-refractivity contribution is 0.0696. The highest BCUT2D eigenvalue weighted by Crippen LogP contribution is 2.09. The van der Waals surface area contributed by atoms with Crippen LogP contribution in [0.15, 0.2) is 30.7 Å². The molecule has 0 bridgehead atoms. The molecule has 0 unspecified atom stereocenters. The van der Waals surface area contributed by atoms with Crippen molar-refractivity contribution in [3.8, 4) is 0 Å². The Balaban J connectivity index is 2.15. The van der Waals surface area contributed by atoms with E-state index in [-0.39, 0.29) is 23.6 Å². The average molecular weight is 273 g/mol. The molecule has 2 aromatic rings. The number of carbonyl (C=O) groups excluding carboxylic acids is 1. The summed E-state index contributed by atoms with van der Waals surface area (Å²) in [6.07, 6.45) is 4.16. The van der Waals surface area contributed by atoms with E-state index in [1.165, 1.54) is 30.7 Å². The SMILES string of the molecule is NC(=O)c1nccnc1NCc1cc(C(=O)O)ccn1. The minimum absolute atomic E-state index is 0.0156. The zero-order chi connectivity index (χ0) is 14.5. The molecular formula is C12H11N5O3. The largest absolute Gasteiger partial charge is 0.478 e. The van der Waals surface area contributed by atoms with Crippen molar-refractivity contribution in [2.75, 3.05) is 5.32 Å². The molecule has 2 heterocycles. The molecule has 0 aromatic carbocycles. The van der Waals surface area contributed by atoms with Gasteiger partial charge in [0.2, 0.25) is 0 Å². The lowest BCUT2D eigenvalue weighted by Crippen LogP contribution is -2.17. The Bertz CT molecular complexity index is 659. The molecule has 1 amide bonds. The third kappa shape index (κ3) is 3.05. The number of nitrogens with one attached hydrogen (secondary N) is 1. The van der Waals surface area contributed by atoms with Crippen LogP contribution in [0, 0.1) is 0 Å². The Morgan fingerprint density at radius 1 is 1.20 bits per heavy atom. The molecule has 4 N–H and O–H groups in total. The highest BCUT2D eigenvalue weighted by atomic mass is 16.4. The summed E-state index contributed by atoms with van der Waals surface area (Å²) >= 11 is 0. The van der Waals surface area contributed by atoms with E-state index >= 15 is 0 Å². The van der Waals surface area contributed by atoms with Crippen LogP contribution in [-0.4, -0.2) is 31.9 Å². The first-order chi connectivity index (χ1) is 9.58. The number of amides is 1. The van der Waals surface area contributed by atoms with Crippen LogP contribution >= 0.6 is 0 Å². The second-order valence-corrected chi connectivity index (χ2v) is 3.81. The number of aromatic nitrogens is 3. The van der Waals surface area contributed by atoms with Gasteiger partial charge in [-0.2, -0.15) is 0 Å². The number of nitrogens with zero attached hydrogens (tertiary/aromatic N) is 3. The van der Waals surface area contributed by atoms with Gasteiger partial charge in [0.15, 0.2) is 11.5 Å². The maximum Gasteiger partial charge on any atom is 0.335 e. The van der Waals surface area contributed by atoms with E-state index < -0.39 is 11.9 Å². The van der Waals surface area contributed by atoms with Crippen molar-refractivity contribution < 1.29 is 14.7 Å². The van der Waals surface area contributed by atoms with E-state index in [1.54, 1.807) is 0 Å². The number of pyridine rings is 1. The molecular weight excluding hydrogens is 262 g/mol. The Morgan fingerprint density at radius 2 is 1.95 bits per heavy atom. The number of carbonyl (C=O) groups is 2. The summed E-state index contributed by atoms with van der Waals surface area (Å²) in [7, 11) is 0. The molecule has 20 heavy (non-hydrogen) atoms. The number of carboxylic acid groups (broad SMARTS) is 1. The number of rotatable bonds is 5. The molecule has 2 rings (SSSR count). The topological polar surface area (TPSA) is 131 Å². The molecule has 0 saturated heterocycles. The van der Waals surface area contributed by atoms with Crippen LogP contribution in [0.2, 0.25) is 0 Å². The van der Waals surface area contributed by atoms with E-state index in [9.17, 15) is 9.59 Å². The maximum absolute atomic E-state index is 11.2. The molecule has 0 aliphatic heterocycles. The van der Waals surface area contributed by atoms with Crippen molar-refractivity contribution in [2.24, 2.45) is 5.73 Å². The highest BCUT2D eigenvalue weighted by Gasteiger charge is 2.11. The zero-order valence-corrected chi connectivity index (χ0v) is 10.3. The van der Waals surface area contributed by atoms with E-state index in [0.29, 0.717) is 5.69 Å². The number of aromatic carboxylic acids is 1. The van der Waals surface area contributed by atoms with Gasteiger partial charge in [0.25, 0.3) is 5.91 Å². The lowest BCUT2D eigenvalue weighted by Gasteiger charge is -2.07. The first kappa shape index (κ1) is 13.4. The van der Waals surface area contributed by atoms with Crippen molar-refractivity contribution in [1.29, 1.82) is 0 Å². The maximum atomic E-state index is 11.2. The van der Waals surface area contributed by atoms with Gasteiger partial charge in [-0.25, -0.2) is 14.8 Å². The summed E-state index contributed by atoms with van der Waals surface area (Å²) in [5.74, 6) is -1.51. The summed E-state index contributed by atoms with van der Waals surface area (Å²) in [6, 6.07) is 2.82. The first-order valence-corrected chi connectivity index (χ1v) is 5.61. The van der Waals surface area contributed by atoms with E-state index in [1.807, 2.05) is 0 Å². The van der Waals surface area contributed by atoms with Gasteiger partial charge in [0.1, 0.15) is 0 Å². The normalized spacial score (nSPS) is 10.0. The molecule has 102 valence electrons. The molecule has 0 spiro atoms. The van der Waals surface area contributed by atoms with Gasteiger partial charge in [-0.3, -0.25) is 9.78 Å². The Morgan fingerprint density at radius 3 is 2.65 bits per heavy atom. The van der Waals surface area contributed by atoms with Crippen molar-refractivity contribution >= 4 is 17.7 Å². The Hall–Kier alpha value is -3.03. The van der Waals surface area contributed by atoms with Crippen molar-refractivity contribution in [3.63, 3.8) is 0 Å².